The van der Waals surface area contributed by atoms with Gasteiger partial charge < -0.3 is 0 Å². The van der Waals surface area contributed by atoms with E-state index in [0.29, 0.717) is 0 Å². The smallest absolute Gasteiger partial charge is 0.158 e. The molecule has 0 aliphatic rings. The molecule has 0 unspecified atom stereocenters. The molecule has 0 aromatic carbocycles. The fourth-order valence-corrected chi connectivity index (χ4v) is 1.14. The number of hydroxylamine groups is 1. The Morgan fingerprint density at radius 2 is 1.77 bits per heavy atom. The summed E-state index contributed by atoms with van der Waals surface area (Å²) in [4.78, 5) is 13.6. The maximum absolute atomic E-state index is 5.07. The third-order valence-corrected chi connectivity index (χ3v) is 2.05. The molecular formula is C9H15N3O. The predicted molar refractivity (Wildman–Crippen MR) is 51.7 cm³/mol. The van der Waals surface area contributed by atoms with Crippen LogP contribution in [0.5, 0.6) is 0 Å². The van der Waals surface area contributed by atoms with Crippen LogP contribution < -0.4 is 5.06 Å². The van der Waals surface area contributed by atoms with Crippen LogP contribution in [0, 0.1) is 20.8 Å². The van der Waals surface area contributed by atoms with E-state index in [1.165, 1.54) is 0 Å². The molecule has 4 heteroatoms. The zero-order valence-electron chi connectivity index (χ0n) is 8.75. The van der Waals surface area contributed by atoms with Crippen LogP contribution in [0.4, 0.5) is 5.82 Å². The van der Waals surface area contributed by atoms with Crippen molar-refractivity contribution in [2.45, 2.75) is 20.8 Å². The number of aryl methyl sites for hydroxylation is 2. The van der Waals surface area contributed by atoms with Crippen LogP contribution in [-0.2, 0) is 4.84 Å². The average molecular weight is 181 g/mol. The Labute approximate surface area is 78.5 Å². The average Bonchev–Trinajstić information content (AvgIpc) is 2.10. The monoisotopic (exact) mass is 181 g/mol. The molecule has 0 fully saturated rings. The van der Waals surface area contributed by atoms with Crippen molar-refractivity contribution in [1.29, 1.82) is 0 Å². The minimum atomic E-state index is 0.766. The normalized spacial score (nSPS) is 10.2. The molecule has 1 rings (SSSR count). The van der Waals surface area contributed by atoms with E-state index in [-0.39, 0.29) is 0 Å². The SMILES string of the molecule is CON(C)c1nc(C)nc(C)c1C. The Hall–Kier alpha value is -1.16. The lowest BCUT2D eigenvalue weighted by molar-refractivity contribution is 0.182. The predicted octanol–water partition coefficient (Wildman–Crippen LogP) is 1.40. The maximum Gasteiger partial charge on any atom is 0.158 e. The second kappa shape index (κ2) is 3.70. The highest BCUT2D eigenvalue weighted by molar-refractivity contribution is 5.45. The van der Waals surface area contributed by atoms with Crippen LogP contribution in [0.25, 0.3) is 0 Å². The van der Waals surface area contributed by atoms with E-state index in [0.717, 1.165) is 22.9 Å². The van der Waals surface area contributed by atoms with Gasteiger partial charge in [-0.25, -0.2) is 15.0 Å². The van der Waals surface area contributed by atoms with Crippen LogP contribution in [0.3, 0.4) is 0 Å². The fourth-order valence-electron chi connectivity index (χ4n) is 1.14. The minimum Gasteiger partial charge on any atom is -0.276 e. The number of hydrogen-bond donors (Lipinski definition) is 0. The molecule has 0 aliphatic carbocycles. The summed E-state index contributed by atoms with van der Waals surface area (Å²) in [6.45, 7) is 5.83. The Balaban J connectivity index is 3.20. The molecule has 1 heterocycles. The molecule has 72 valence electrons. The van der Waals surface area contributed by atoms with Crippen LogP contribution >= 0.6 is 0 Å². The summed E-state index contributed by atoms with van der Waals surface area (Å²) in [7, 11) is 3.44. The summed E-state index contributed by atoms with van der Waals surface area (Å²) in [5, 5.41) is 1.64. The van der Waals surface area contributed by atoms with Gasteiger partial charge in [0.1, 0.15) is 5.82 Å². The highest BCUT2D eigenvalue weighted by Crippen LogP contribution is 2.17. The molecule has 0 spiro atoms. The molecule has 0 aliphatic heterocycles. The van der Waals surface area contributed by atoms with Crippen molar-refractivity contribution < 1.29 is 4.84 Å². The fraction of sp³-hybridized carbons (Fsp3) is 0.556. The van der Waals surface area contributed by atoms with Gasteiger partial charge in [-0.2, -0.15) is 0 Å². The number of rotatable bonds is 2. The van der Waals surface area contributed by atoms with Gasteiger partial charge in [0.25, 0.3) is 0 Å². The summed E-state index contributed by atoms with van der Waals surface area (Å²) in [5.41, 5.74) is 2.04. The molecule has 0 atom stereocenters. The largest absolute Gasteiger partial charge is 0.276 e. The van der Waals surface area contributed by atoms with Gasteiger partial charge in [0.05, 0.1) is 7.11 Å². The Morgan fingerprint density at radius 1 is 1.15 bits per heavy atom. The van der Waals surface area contributed by atoms with Gasteiger partial charge in [0.2, 0.25) is 0 Å². The number of anilines is 1. The van der Waals surface area contributed by atoms with Gasteiger partial charge in [0.15, 0.2) is 5.82 Å². The molecule has 0 amide bonds. The maximum atomic E-state index is 5.07. The van der Waals surface area contributed by atoms with Crippen molar-refractivity contribution in [2.75, 3.05) is 19.2 Å². The number of nitrogens with zero attached hydrogens (tertiary/aromatic N) is 3. The molecule has 0 radical (unpaired) electrons. The molecule has 1 aromatic rings. The van der Waals surface area contributed by atoms with Gasteiger partial charge in [0, 0.05) is 18.3 Å². The lowest BCUT2D eigenvalue weighted by atomic mass is 10.2. The van der Waals surface area contributed by atoms with Gasteiger partial charge in [-0.1, -0.05) is 0 Å². The van der Waals surface area contributed by atoms with Crippen LogP contribution in [-0.4, -0.2) is 24.1 Å². The Kier molecular flexibility index (Phi) is 2.83. The first-order valence-corrected chi connectivity index (χ1v) is 4.16. The minimum absolute atomic E-state index is 0.766. The Bertz CT molecular complexity index is 312. The molecule has 0 N–H and O–H groups in total. The van der Waals surface area contributed by atoms with E-state index in [4.69, 9.17) is 4.84 Å². The summed E-state index contributed by atoms with van der Waals surface area (Å²) >= 11 is 0. The zero-order valence-corrected chi connectivity index (χ0v) is 8.75. The summed E-state index contributed by atoms with van der Waals surface area (Å²) in [5.74, 6) is 1.59. The van der Waals surface area contributed by atoms with Crippen LogP contribution in [0.1, 0.15) is 17.1 Å². The topological polar surface area (TPSA) is 38.2 Å². The van der Waals surface area contributed by atoms with Gasteiger partial charge >= 0.3 is 0 Å². The molecule has 0 bridgehead atoms. The van der Waals surface area contributed by atoms with Crippen molar-refractivity contribution in [3.63, 3.8) is 0 Å². The first-order chi connectivity index (χ1) is 6.06. The van der Waals surface area contributed by atoms with E-state index >= 15 is 0 Å². The summed E-state index contributed by atoms with van der Waals surface area (Å²) in [6.07, 6.45) is 0. The first-order valence-electron chi connectivity index (χ1n) is 4.16. The molecule has 1 aromatic heterocycles. The van der Waals surface area contributed by atoms with E-state index in [9.17, 15) is 0 Å². The third kappa shape index (κ3) is 1.95. The molecule has 0 saturated heterocycles. The van der Waals surface area contributed by atoms with E-state index in [1.807, 2.05) is 27.8 Å². The second-order valence-electron chi connectivity index (χ2n) is 2.98. The van der Waals surface area contributed by atoms with Crippen molar-refractivity contribution in [3.8, 4) is 0 Å². The van der Waals surface area contributed by atoms with Crippen LogP contribution in [0.15, 0.2) is 0 Å². The van der Waals surface area contributed by atoms with Crippen molar-refractivity contribution in [1.82, 2.24) is 9.97 Å². The van der Waals surface area contributed by atoms with Crippen molar-refractivity contribution >= 4 is 5.82 Å². The van der Waals surface area contributed by atoms with Crippen molar-refractivity contribution in [3.05, 3.63) is 17.1 Å². The standard InChI is InChI=1S/C9H15N3O/c1-6-7(2)10-8(3)11-9(6)12(4)13-5/h1-5H3. The van der Waals surface area contributed by atoms with Gasteiger partial charge in [-0.05, 0) is 20.8 Å². The summed E-state index contributed by atoms with van der Waals surface area (Å²) < 4.78 is 0. The van der Waals surface area contributed by atoms with Gasteiger partial charge in [-0.3, -0.25) is 4.84 Å². The quantitative estimate of drug-likeness (QED) is 0.646. The highest BCUT2D eigenvalue weighted by Gasteiger charge is 2.09. The Morgan fingerprint density at radius 3 is 2.31 bits per heavy atom. The van der Waals surface area contributed by atoms with Crippen molar-refractivity contribution in [2.24, 2.45) is 0 Å². The number of aromatic nitrogens is 2. The molecule has 13 heavy (non-hydrogen) atoms. The molecule has 4 nitrogen and oxygen atoms in total. The lowest BCUT2D eigenvalue weighted by Crippen LogP contribution is -2.19. The van der Waals surface area contributed by atoms with E-state index < -0.39 is 0 Å². The first kappa shape index (κ1) is 9.92. The molecular weight excluding hydrogens is 166 g/mol. The third-order valence-electron chi connectivity index (χ3n) is 2.05. The number of hydrogen-bond acceptors (Lipinski definition) is 4. The highest BCUT2D eigenvalue weighted by atomic mass is 16.7. The summed E-state index contributed by atoms with van der Waals surface area (Å²) in [6, 6.07) is 0. The van der Waals surface area contributed by atoms with E-state index in [2.05, 4.69) is 9.97 Å². The zero-order chi connectivity index (χ0) is 10.0. The second-order valence-corrected chi connectivity index (χ2v) is 2.98. The van der Waals surface area contributed by atoms with Gasteiger partial charge in [-0.15, -0.1) is 0 Å². The lowest BCUT2D eigenvalue weighted by Gasteiger charge is -2.18. The molecule has 0 saturated carbocycles. The van der Waals surface area contributed by atoms with Crippen LogP contribution in [0.2, 0.25) is 0 Å². The van der Waals surface area contributed by atoms with E-state index in [1.54, 1.807) is 12.2 Å².